The number of carbonyl (C=O) groups is 3. The van der Waals surface area contributed by atoms with E-state index in [1.807, 2.05) is 12.1 Å². The van der Waals surface area contributed by atoms with E-state index in [4.69, 9.17) is 4.52 Å². The molecule has 9 nitrogen and oxygen atoms in total. The summed E-state index contributed by atoms with van der Waals surface area (Å²) in [5.74, 6) is 0.585. The fourth-order valence-corrected chi connectivity index (χ4v) is 4.81. The van der Waals surface area contributed by atoms with E-state index < -0.39 is 5.54 Å². The second-order valence-electron chi connectivity index (χ2n) is 9.44. The monoisotopic (exact) mass is 453 g/mol. The molecule has 0 aliphatic carbocycles. The summed E-state index contributed by atoms with van der Waals surface area (Å²) in [4.78, 5) is 46.7. The van der Waals surface area contributed by atoms with Crippen LogP contribution < -0.4 is 5.32 Å². The molecule has 0 saturated carbocycles. The van der Waals surface area contributed by atoms with Crippen LogP contribution in [-0.4, -0.2) is 56.4 Å². The molecule has 4 heterocycles. The van der Waals surface area contributed by atoms with Crippen LogP contribution >= 0.6 is 0 Å². The number of carbonyl (C=O) groups excluding carboxylic acids is 3. The van der Waals surface area contributed by atoms with E-state index in [2.05, 4.69) is 29.3 Å². The maximum Gasteiger partial charge on any atom is 0.325 e. The van der Waals surface area contributed by atoms with Gasteiger partial charge >= 0.3 is 6.03 Å². The quantitative estimate of drug-likeness (QED) is 0.645. The molecular weight excluding hydrogens is 422 g/mol. The van der Waals surface area contributed by atoms with Crippen molar-refractivity contribution < 1.29 is 18.9 Å². The van der Waals surface area contributed by atoms with Crippen LogP contribution in [0.5, 0.6) is 0 Å². The molecule has 0 spiro atoms. The van der Waals surface area contributed by atoms with Crippen molar-refractivity contribution in [3.05, 3.63) is 47.6 Å². The molecule has 4 amide bonds. The number of rotatable bonds is 7. The molecule has 2 aromatic heterocycles. The maximum atomic E-state index is 13.7. The first kappa shape index (κ1) is 22.9. The number of aryl methyl sites for hydroxylation is 1. The highest BCUT2D eigenvalue weighted by atomic mass is 16.5. The molecule has 4 rings (SSSR count). The van der Waals surface area contributed by atoms with E-state index in [9.17, 15) is 14.4 Å². The van der Waals surface area contributed by atoms with Gasteiger partial charge in [-0.05, 0) is 56.6 Å². The molecule has 33 heavy (non-hydrogen) atoms. The number of nitrogens with one attached hydrogen (secondary N) is 1. The lowest BCUT2D eigenvalue weighted by atomic mass is 9.73. The Labute approximate surface area is 193 Å². The van der Waals surface area contributed by atoms with E-state index in [0.717, 1.165) is 6.42 Å². The molecule has 0 bridgehead atoms. The molecule has 176 valence electrons. The zero-order valence-electron chi connectivity index (χ0n) is 19.4. The number of imide groups is 1. The van der Waals surface area contributed by atoms with Gasteiger partial charge in [-0.25, -0.2) is 4.79 Å². The molecule has 2 fully saturated rings. The Balaban J connectivity index is 1.51. The average Bonchev–Trinajstić information content (AvgIpc) is 3.35. The highest BCUT2D eigenvalue weighted by molar-refractivity contribution is 6.07. The number of hydrogen-bond donors (Lipinski definition) is 1. The van der Waals surface area contributed by atoms with Crippen molar-refractivity contribution in [2.45, 2.75) is 58.5 Å². The van der Waals surface area contributed by atoms with Crippen molar-refractivity contribution in [1.82, 2.24) is 25.3 Å². The Morgan fingerprint density at radius 3 is 2.64 bits per heavy atom. The van der Waals surface area contributed by atoms with E-state index in [1.54, 1.807) is 30.2 Å². The summed E-state index contributed by atoms with van der Waals surface area (Å²) in [6, 6.07) is 6.72. The van der Waals surface area contributed by atoms with Gasteiger partial charge in [0.25, 0.3) is 11.8 Å². The molecule has 2 aliphatic rings. The third kappa shape index (κ3) is 4.62. The number of piperidine rings is 1. The number of amides is 4. The van der Waals surface area contributed by atoms with Gasteiger partial charge in [0, 0.05) is 25.4 Å². The standard InChI is InChI=1S/C24H31N5O4/c1-16(2)7-10-24(22(31)29(23(32)26-24)15-19-6-4-5-11-25-19)18-8-12-28(13-9-18)21(30)20-14-17(3)33-27-20/h4-6,11,14,16,18H,7-10,12-13,15H2,1-3H3,(H,26,32). The number of likely N-dealkylation sites (tertiary alicyclic amines) is 1. The molecule has 2 aromatic rings. The molecule has 0 aromatic carbocycles. The summed E-state index contributed by atoms with van der Waals surface area (Å²) < 4.78 is 5.04. The van der Waals surface area contributed by atoms with Crippen LogP contribution in [0.2, 0.25) is 0 Å². The van der Waals surface area contributed by atoms with Crippen LogP contribution in [0.4, 0.5) is 4.79 Å². The molecule has 0 radical (unpaired) electrons. The molecule has 1 atom stereocenters. The lowest BCUT2D eigenvalue weighted by Gasteiger charge is -2.41. The Kier molecular flexibility index (Phi) is 6.49. The van der Waals surface area contributed by atoms with Crippen molar-refractivity contribution in [3.8, 4) is 0 Å². The lowest BCUT2D eigenvalue weighted by molar-refractivity contribution is -0.134. The van der Waals surface area contributed by atoms with Gasteiger partial charge in [0.2, 0.25) is 0 Å². The maximum absolute atomic E-state index is 13.7. The van der Waals surface area contributed by atoms with Gasteiger partial charge in [-0.1, -0.05) is 25.1 Å². The van der Waals surface area contributed by atoms with Crippen LogP contribution in [0.3, 0.4) is 0 Å². The first-order valence-electron chi connectivity index (χ1n) is 11.6. The fraction of sp³-hybridized carbons (Fsp3) is 0.542. The number of hydrogen-bond acceptors (Lipinski definition) is 6. The van der Waals surface area contributed by atoms with Crippen LogP contribution in [0.1, 0.15) is 61.5 Å². The zero-order valence-corrected chi connectivity index (χ0v) is 19.4. The molecule has 1 N–H and O–H groups in total. The van der Waals surface area contributed by atoms with Gasteiger partial charge in [-0.15, -0.1) is 0 Å². The SMILES string of the molecule is Cc1cc(C(=O)N2CCC(C3(CCC(C)C)NC(=O)N(Cc4ccccn4)C3=O)CC2)no1. The lowest BCUT2D eigenvalue weighted by Crippen LogP contribution is -2.56. The Hall–Kier alpha value is -3.23. The van der Waals surface area contributed by atoms with E-state index in [0.29, 0.717) is 55.4 Å². The molecule has 1 unspecified atom stereocenters. The van der Waals surface area contributed by atoms with Gasteiger partial charge in [-0.3, -0.25) is 19.5 Å². The largest absolute Gasteiger partial charge is 0.361 e. The summed E-state index contributed by atoms with van der Waals surface area (Å²) >= 11 is 0. The minimum atomic E-state index is -0.949. The van der Waals surface area contributed by atoms with Crippen LogP contribution in [-0.2, 0) is 11.3 Å². The molecular formula is C24H31N5O4. The highest BCUT2D eigenvalue weighted by Crippen LogP contribution is 2.38. The minimum absolute atomic E-state index is 0.0514. The average molecular weight is 454 g/mol. The van der Waals surface area contributed by atoms with Crippen molar-refractivity contribution >= 4 is 17.8 Å². The summed E-state index contributed by atoms with van der Waals surface area (Å²) in [5.41, 5.74) is 0.0201. The second kappa shape index (κ2) is 9.33. The first-order valence-corrected chi connectivity index (χ1v) is 11.6. The zero-order chi connectivity index (χ0) is 23.6. The van der Waals surface area contributed by atoms with Crippen molar-refractivity contribution in [3.63, 3.8) is 0 Å². The normalized spacial score (nSPS) is 21.7. The smallest absolute Gasteiger partial charge is 0.325 e. The fourth-order valence-electron chi connectivity index (χ4n) is 4.81. The van der Waals surface area contributed by atoms with Crippen molar-refractivity contribution in [2.75, 3.05) is 13.1 Å². The van der Waals surface area contributed by atoms with Gasteiger partial charge < -0.3 is 14.7 Å². The van der Waals surface area contributed by atoms with Gasteiger partial charge in [0.15, 0.2) is 5.69 Å². The van der Waals surface area contributed by atoms with E-state index >= 15 is 0 Å². The van der Waals surface area contributed by atoms with Gasteiger partial charge in [0.1, 0.15) is 11.3 Å². The molecule has 9 heteroatoms. The van der Waals surface area contributed by atoms with Gasteiger partial charge in [0.05, 0.1) is 12.2 Å². The number of urea groups is 1. The third-order valence-electron chi connectivity index (χ3n) is 6.69. The topological polar surface area (TPSA) is 109 Å². The van der Waals surface area contributed by atoms with Crippen LogP contribution in [0, 0.1) is 18.8 Å². The summed E-state index contributed by atoms with van der Waals surface area (Å²) in [5, 5.41) is 6.90. The van der Waals surface area contributed by atoms with Gasteiger partial charge in [-0.2, -0.15) is 0 Å². The Morgan fingerprint density at radius 2 is 2.03 bits per heavy atom. The Morgan fingerprint density at radius 1 is 1.27 bits per heavy atom. The number of aromatic nitrogens is 2. The van der Waals surface area contributed by atoms with Crippen LogP contribution in [0.15, 0.2) is 35.0 Å². The minimum Gasteiger partial charge on any atom is -0.361 e. The summed E-state index contributed by atoms with van der Waals surface area (Å²) in [6.07, 6.45) is 4.31. The first-order chi connectivity index (χ1) is 15.8. The predicted molar refractivity (Wildman–Crippen MR) is 120 cm³/mol. The summed E-state index contributed by atoms with van der Waals surface area (Å²) in [7, 11) is 0. The predicted octanol–water partition coefficient (Wildman–Crippen LogP) is 3.16. The van der Waals surface area contributed by atoms with Crippen molar-refractivity contribution in [2.24, 2.45) is 11.8 Å². The summed E-state index contributed by atoms with van der Waals surface area (Å²) in [6.45, 7) is 7.13. The molecule has 2 saturated heterocycles. The van der Waals surface area contributed by atoms with E-state index in [-0.39, 0.29) is 30.3 Å². The Bertz CT molecular complexity index is 1010. The number of nitrogens with zero attached hydrogens (tertiary/aromatic N) is 4. The molecule has 2 aliphatic heterocycles. The van der Waals surface area contributed by atoms with E-state index in [1.165, 1.54) is 4.90 Å². The van der Waals surface area contributed by atoms with Crippen molar-refractivity contribution in [1.29, 1.82) is 0 Å². The van der Waals surface area contributed by atoms with Crippen LogP contribution in [0.25, 0.3) is 0 Å². The second-order valence-corrected chi connectivity index (χ2v) is 9.44. The highest BCUT2D eigenvalue weighted by Gasteiger charge is 2.55. The third-order valence-corrected chi connectivity index (χ3v) is 6.69. The number of pyridine rings is 1.